The van der Waals surface area contributed by atoms with Gasteiger partial charge in [0.25, 0.3) is 0 Å². The number of nitrogens with zero attached hydrogens (tertiary/aromatic N) is 2. The van der Waals surface area contributed by atoms with Crippen molar-refractivity contribution in [3.63, 3.8) is 0 Å². The van der Waals surface area contributed by atoms with Crippen LogP contribution in [0.3, 0.4) is 0 Å². The van der Waals surface area contributed by atoms with Crippen LogP contribution in [0.1, 0.15) is 0 Å². The highest BCUT2D eigenvalue weighted by Crippen LogP contribution is 2.27. The van der Waals surface area contributed by atoms with E-state index in [1.807, 2.05) is 0 Å². The molecule has 6 heteroatoms. The predicted molar refractivity (Wildman–Crippen MR) is 45.1 cm³/mol. The quantitative estimate of drug-likeness (QED) is 0.443. The van der Waals surface area contributed by atoms with Gasteiger partial charge in [0, 0.05) is 6.07 Å². The Labute approximate surface area is 76.7 Å². The Morgan fingerprint density at radius 1 is 1.75 bits per heavy atom. The maximum absolute atomic E-state index is 10.4. The highest BCUT2D eigenvalue weighted by molar-refractivity contribution is 9.10. The third-order valence-corrected chi connectivity index (χ3v) is 1.66. The lowest BCUT2D eigenvalue weighted by Crippen LogP contribution is -1.94. The summed E-state index contributed by atoms with van der Waals surface area (Å²) in [5, 5.41) is 10.4. The smallest absolute Gasteiger partial charge is 0.329 e. The van der Waals surface area contributed by atoms with Gasteiger partial charge in [-0.25, -0.2) is 4.98 Å². The van der Waals surface area contributed by atoms with E-state index in [9.17, 15) is 10.1 Å². The van der Waals surface area contributed by atoms with Gasteiger partial charge in [-0.1, -0.05) is 0 Å². The van der Waals surface area contributed by atoms with Crippen LogP contribution in [0.2, 0.25) is 0 Å². The molecule has 0 spiro atoms. The lowest BCUT2D eigenvalue weighted by atomic mass is 10.4. The number of hydrogen-bond acceptors (Lipinski definition) is 4. The Kier molecular flexibility index (Phi) is 2.59. The zero-order valence-electron chi connectivity index (χ0n) is 6.15. The Morgan fingerprint density at radius 3 is 2.92 bits per heavy atom. The third kappa shape index (κ3) is 1.70. The van der Waals surface area contributed by atoms with Crippen molar-refractivity contribution in [3.05, 3.63) is 27.0 Å². The van der Waals surface area contributed by atoms with Gasteiger partial charge in [-0.15, -0.1) is 0 Å². The fraction of sp³-hybridized carbons (Fsp3) is 0.167. The van der Waals surface area contributed by atoms with Crippen LogP contribution < -0.4 is 4.74 Å². The zero-order valence-corrected chi connectivity index (χ0v) is 7.74. The van der Waals surface area contributed by atoms with E-state index in [4.69, 9.17) is 4.74 Å². The van der Waals surface area contributed by atoms with E-state index in [0.29, 0.717) is 4.60 Å². The minimum atomic E-state index is -0.543. The van der Waals surface area contributed by atoms with E-state index in [1.165, 1.54) is 13.2 Å². The summed E-state index contributed by atoms with van der Waals surface area (Å²) in [5.74, 6) is 0.196. The van der Waals surface area contributed by atoms with E-state index < -0.39 is 4.92 Å². The summed E-state index contributed by atoms with van der Waals surface area (Å²) in [4.78, 5) is 13.5. The van der Waals surface area contributed by atoms with Crippen molar-refractivity contribution in [1.82, 2.24) is 4.98 Å². The van der Waals surface area contributed by atoms with Crippen LogP contribution >= 0.6 is 15.9 Å². The van der Waals surface area contributed by atoms with Crippen molar-refractivity contribution >= 4 is 21.6 Å². The van der Waals surface area contributed by atoms with Crippen molar-refractivity contribution in [2.24, 2.45) is 0 Å². The van der Waals surface area contributed by atoms with Crippen LogP contribution in [-0.2, 0) is 0 Å². The summed E-state index contributed by atoms with van der Waals surface area (Å²) in [6, 6.07) is 1.44. The van der Waals surface area contributed by atoms with Crippen LogP contribution in [0, 0.1) is 10.1 Å². The van der Waals surface area contributed by atoms with Crippen molar-refractivity contribution in [1.29, 1.82) is 0 Å². The third-order valence-electron chi connectivity index (χ3n) is 1.23. The Bertz CT molecular complexity index is 316. The second-order valence-corrected chi connectivity index (χ2v) is 2.75. The van der Waals surface area contributed by atoms with Crippen molar-refractivity contribution in [2.45, 2.75) is 0 Å². The van der Waals surface area contributed by atoms with Gasteiger partial charge in [0.15, 0.2) is 0 Å². The molecule has 0 radical (unpaired) electrons. The molecule has 5 nitrogen and oxygen atoms in total. The molecule has 0 aromatic carbocycles. The Morgan fingerprint density at radius 2 is 2.42 bits per heavy atom. The summed E-state index contributed by atoms with van der Waals surface area (Å²) >= 11 is 3.07. The highest BCUT2D eigenvalue weighted by Gasteiger charge is 2.14. The highest BCUT2D eigenvalue weighted by atomic mass is 79.9. The number of halogens is 1. The molecule has 0 aliphatic heterocycles. The molecule has 1 rings (SSSR count). The maximum atomic E-state index is 10.4. The molecule has 0 N–H and O–H groups in total. The lowest BCUT2D eigenvalue weighted by molar-refractivity contribution is -0.386. The van der Waals surface area contributed by atoms with E-state index in [0.717, 1.165) is 6.20 Å². The fourth-order valence-electron chi connectivity index (χ4n) is 0.706. The largest absolute Gasteiger partial charge is 0.490 e. The van der Waals surface area contributed by atoms with Gasteiger partial charge in [0.05, 0.1) is 12.0 Å². The molecule has 0 saturated heterocycles. The summed E-state index contributed by atoms with van der Waals surface area (Å²) in [5.41, 5.74) is -0.138. The van der Waals surface area contributed by atoms with Crippen LogP contribution in [0.5, 0.6) is 5.75 Å². The normalized spacial score (nSPS) is 9.50. The van der Waals surface area contributed by atoms with Crippen molar-refractivity contribution in [2.75, 3.05) is 7.11 Å². The summed E-state index contributed by atoms with van der Waals surface area (Å²) < 4.78 is 5.28. The molecule has 1 aromatic rings. The number of methoxy groups -OCH3 is 1. The molecule has 0 fully saturated rings. The second kappa shape index (κ2) is 3.48. The van der Waals surface area contributed by atoms with Gasteiger partial charge < -0.3 is 4.74 Å². The standard InChI is InChI=1S/C6H5BrN2O3/c1-12-5-2-6(7)8-3-4(5)9(10)11/h2-3H,1H3. The molecule has 1 heterocycles. The molecule has 0 saturated carbocycles. The molecule has 0 atom stereocenters. The fourth-order valence-corrected chi connectivity index (χ4v) is 1.02. The molecule has 0 aliphatic carbocycles. The zero-order chi connectivity index (χ0) is 9.14. The first kappa shape index (κ1) is 8.92. The van der Waals surface area contributed by atoms with Gasteiger partial charge in [0.2, 0.25) is 5.75 Å². The lowest BCUT2D eigenvalue weighted by Gasteiger charge is -1.99. The first-order valence-corrected chi connectivity index (χ1v) is 3.78. The molecule has 1 aromatic heterocycles. The van der Waals surface area contributed by atoms with E-state index >= 15 is 0 Å². The van der Waals surface area contributed by atoms with Gasteiger partial charge in [-0.3, -0.25) is 10.1 Å². The van der Waals surface area contributed by atoms with Gasteiger partial charge in [-0.2, -0.15) is 0 Å². The number of rotatable bonds is 2. The van der Waals surface area contributed by atoms with E-state index in [-0.39, 0.29) is 11.4 Å². The van der Waals surface area contributed by atoms with E-state index in [2.05, 4.69) is 20.9 Å². The predicted octanol–water partition coefficient (Wildman–Crippen LogP) is 1.76. The summed E-state index contributed by atoms with van der Waals surface area (Å²) in [6.45, 7) is 0. The SMILES string of the molecule is COc1cc(Br)ncc1[N+](=O)[O-]. The van der Waals surface area contributed by atoms with Crippen LogP contribution in [0.4, 0.5) is 5.69 Å². The maximum Gasteiger partial charge on any atom is 0.329 e. The van der Waals surface area contributed by atoms with Gasteiger partial charge >= 0.3 is 5.69 Å². The number of ether oxygens (including phenoxy) is 1. The minimum Gasteiger partial charge on any atom is -0.490 e. The number of hydrogen-bond donors (Lipinski definition) is 0. The van der Waals surface area contributed by atoms with Gasteiger partial charge in [-0.05, 0) is 15.9 Å². The monoisotopic (exact) mass is 232 g/mol. The summed E-state index contributed by atoms with van der Waals surface area (Å²) in [6.07, 6.45) is 1.14. The number of nitro groups is 1. The van der Waals surface area contributed by atoms with E-state index in [1.54, 1.807) is 0 Å². The molecular weight excluding hydrogens is 228 g/mol. The molecule has 12 heavy (non-hydrogen) atoms. The van der Waals surface area contributed by atoms with Crippen molar-refractivity contribution < 1.29 is 9.66 Å². The van der Waals surface area contributed by atoms with Crippen LogP contribution in [0.15, 0.2) is 16.9 Å². The average Bonchev–Trinajstić information content (AvgIpc) is 2.03. The van der Waals surface area contributed by atoms with Crippen LogP contribution in [-0.4, -0.2) is 17.0 Å². The molecule has 64 valence electrons. The number of pyridine rings is 1. The van der Waals surface area contributed by atoms with Crippen LogP contribution in [0.25, 0.3) is 0 Å². The Balaban J connectivity index is 3.20. The Hall–Kier alpha value is -1.17. The molecule has 0 unspecified atom stereocenters. The first-order chi connectivity index (χ1) is 5.65. The first-order valence-electron chi connectivity index (χ1n) is 2.99. The summed E-state index contributed by atoms with van der Waals surface area (Å²) in [7, 11) is 1.37. The average molecular weight is 233 g/mol. The topological polar surface area (TPSA) is 65.3 Å². The number of aromatic nitrogens is 1. The van der Waals surface area contributed by atoms with Crippen molar-refractivity contribution in [3.8, 4) is 5.75 Å². The molecular formula is C6H5BrN2O3. The minimum absolute atomic E-state index is 0.138. The molecule has 0 amide bonds. The molecule has 0 bridgehead atoms. The van der Waals surface area contributed by atoms with Gasteiger partial charge in [0.1, 0.15) is 10.8 Å². The second-order valence-electron chi connectivity index (χ2n) is 1.94. The molecule has 0 aliphatic rings.